The summed E-state index contributed by atoms with van der Waals surface area (Å²) in [6, 6.07) is 3.95. The Bertz CT molecular complexity index is 556. The van der Waals surface area contributed by atoms with E-state index in [1.54, 1.807) is 11.9 Å². The summed E-state index contributed by atoms with van der Waals surface area (Å²) in [7, 11) is 1.65. The Labute approximate surface area is 133 Å². The fraction of sp³-hybridized carbons (Fsp3) is 0.400. The smallest absolute Gasteiger partial charge is 0.191 e. The Morgan fingerprint density at radius 3 is 2.73 bits per heavy atom. The minimum Gasteiger partial charge on any atom is -0.365 e. The normalized spacial score (nSPS) is 18.5. The van der Waals surface area contributed by atoms with Gasteiger partial charge < -0.3 is 15.5 Å². The van der Waals surface area contributed by atoms with E-state index in [-0.39, 0.29) is 11.7 Å². The monoisotopic (exact) mass is 328 g/mol. The van der Waals surface area contributed by atoms with Gasteiger partial charge in [0.2, 0.25) is 0 Å². The Morgan fingerprint density at radius 2 is 2.14 bits per heavy atom. The average Bonchev–Trinajstić information content (AvgIpc) is 2.91. The predicted octanol–water partition coefficient (Wildman–Crippen LogP) is 2.46. The summed E-state index contributed by atoms with van der Waals surface area (Å²) >= 11 is 5.70. The number of nitrogens with one attached hydrogen (secondary N) is 2. The summed E-state index contributed by atoms with van der Waals surface area (Å²) in [5.74, 6) is -0.495. The number of rotatable bonds is 4. The number of benzene rings is 1. The lowest BCUT2D eigenvalue weighted by Gasteiger charge is -2.21. The van der Waals surface area contributed by atoms with Gasteiger partial charge in [0.15, 0.2) is 5.96 Å². The maximum atomic E-state index is 13.8. The molecule has 0 aliphatic carbocycles. The fourth-order valence-electron chi connectivity index (χ4n) is 2.44. The third-order valence-corrected chi connectivity index (χ3v) is 3.59. The Morgan fingerprint density at radius 1 is 1.45 bits per heavy atom. The van der Waals surface area contributed by atoms with E-state index in [0.717, 1.165) is 6.42 Å². The lowest BCUT2D eigenvalue weighted by Crippen LogP contribution is -2.45. The second-order valence-corrected chi connectivity index (χ2v) is 5.62. The van der Waals surface area contributed by atoms with E-state index in [1.165, 1.54) is 18.2 Å². The van der Waals surface area contributed by atoms with Gasteiger partial charge in [0, 0.05) is 31.2 Å². The maximum absolute atomic E-state index is 13.8. The van der Waals surface area contributed by atoms with E-state index < -0.39 is 11.6 Å². The van der Waals surface area contributed by atoms with Crippen molar-refractivity contribution >= 4 is 23.2 Å². The largest absolute Gasteiger partial charge is 0.365 e. The zero-order chi connectivity index (χ0) is 16.1. The zero-order valence-electron chi connectivity index (χ0n) is 12.4. The highest BCUT2D eigenvalue weighted by atomic mass is 35.5. The minimum atomic E-state index is -0.540. The van der Waals surface area contributed by atoms with Gasteiger partial charge in [-0.3, -0.25) is 4.99 Å². The average molecular weight is 329 g/mol. The van der Waals surface area contributed by atoms with Crippen LogP contribution in [0.1, 0.15) is 6.42 Å². The SMILES string of the molecule is C=C(Cl)CNC(=NC)NC1CCN(c2c(F)cccc2F)C1. The highest BCUT2D eigenvalue weighted by molar-refractivity contribution is 6.29. The Kier molecular flexibility index (Phi) is 5.60. The molecule has 1 fully saturated rings. The van der Waals surface area contributed by atoms with Crippen molar-refractivity contribution in [1.82, 2.24) is 10.6 Å². The molecule has 1 unspecified atom stereocenters. The van der Waals surface area contributed by atoms with Gasteiger partial charge in [0.25, 0.3) is 0 Å². The van der Waals surface area contributed by atoms with Crippen LogP contribution in [0.3, 0.4) is 0 Å². The van der Waals surface area contributed by atoms with Crippen molar-refractivity contribution in [3.63, 3.8) is 0 Å². The Hall–Kier alpha value is -1.82. The molecule has 1 aliphatic rings. The van der Waals surface area contributed by atoms with E-state index in [4.69, 9.17) is 11.6 Å². The number of aliphatic imine (C=N–C) groups is 1. The van der Waals surface area contributed by atoms with Crippen LogP contribution in [-0.4, -0.2) is 38.7 Å². The van der Waals surface area contributed by atoms with E-state index in [1.807, 2.05) is 0 Å². The zero-order valence-corrected chi connectivity index (χ0v) is 13.1. The third-order valence-electron chi connectivity index (χ3n) is 3.45. The molecule has 0 spiro atoms. The molecule has 1 saturated heterocycles. The van der Waals surface area contributed by atoms with Gasteiger partial charge in [0.1, 0.15) is 17.3 Å². The second kappa shape index (κ2) is 7.45. The second-order valence-electron chi connectivity index (χ2n) is 5.09. The van der Waals surface area contributed by atoms with Crippen LogP contribution >= 0.6 is 11.6 Å². The molecule has 4 nitrogen and oxygen atoms in total. The highest BCUT2D eigenvalue weighted by Crippen LogP contribution is 2.26. The van der Waals surface area contributed by atoms with E-state index >= 15 is 0 Å². The van der Waals surface area contributed by atoms with Crippen LogP contribution in [0.15, 0.2) is 34.8 Å². The molecule has 22 heavy (non-hydrogen) atoms. The van der Waals surface area contributed by atoms with E-state index in [9.17, 15) is 8.78 Å². The van der Waals surface area contributed by atoms with Gasteiger partial charge in [-0.2, -0.15) is 0 Å². The molecule has 7 heteroatoms. The van der Waals surface area contributed by atoms with E-state index in [2.05, 4.69) is 22.2 Å². The molecule has 1 aliphatic heterocycles. The van der Waals surface area contributed by atoms with Gasteiger partial charge >= 0.3 is 0 Å². The minimum absolute atomic E-state index is 0.0314. The molecule has 0 amide bonds. The van der Waals surface area contributed by atoms with Gasteiger partial charge in [-0.1, -0.05) is 24.2 Å². The molecule has 0 radical (unpaired) electrons. The summed E-state index contributed by atoms with van der Waals surface area (Å²) in [4.78, 5) is 5.79. The lowest BCUT2D eigenvalue weighted by molar-refractivity contribution is 0.576. The molecule has 2 rings (SSSR count). The first kappa shape index (κ1) is 16.5. The van der Waals surface area contributed by atoms with Crippen molar-refractivity contribution in [2.45, 2.75) is 12.5 Å². The lowest BCUT2D eigenvalue weighted by atomic mass is 10.2. The number of hydrogen-bond donors (Lipinski definition) is 2. The molecule has 0 aromatic heterocycles. The highest BCUT2D eigenvalue weighted by Gasteiger charge is 2.27. The number of guanidine groups is 1. The third kappa shape index (κ3) is 4.10. The molecule has 0 bridgehead atoms. The van der Waals surface area contributed by atoms with Crippen molar-refractivity contribution in [2.24, 2.45) is 4.99 Å². The molecule has 1 aromatic carbocycles. The summed E-state index contributed by atoms with van der Waals surface area (Å²) in [6.07, 6.45) is 0.760. The van der Waals surface area contributed by atoms with Crippen molar-refractivity contribution in [3.05, 3.63) is 41.4 Å². The molecule has 1 heterocycles. The van der Waals surface area contributed by atoms with Crippen LogP contribution in [0.2, 0.25) is 0 Å². The Balaban J connectivity index is 1.96. The van der Waals surface area contributed by atoms with Crippen LogP contribution < -0.4 is 15.5 Å². The molecular weight excluding hydrogens is 310 g/mol. The van der Waals surface area contributed by atoms with Gasteiger partial charge in [-0.05, 0) is 18.6 Å². The molecule has 0 saturated carbocycles. The number of anilines is 1. The first-order chi connectivity index (χ1) is 10.5. The number of nitrogens with zero attached hydrogens (tertiary/aromatic N) is 2. The van der Waals surface area contributed by atoms with Gasteiger partial charge in [-0.15, -0.1) is 0 Å². The van der Waals surface area contributed by atoms with Crippen molar-refractivity contribution in [2.75, 3.05) is 31.6 Å². The number of para-hydroxylation sites is 1. The first-order valence-electron chi connectivity index (χ1n) is 7.00. The summed E-state index contributed by atoms with van der Waals surface area (Å²) in [6.45, 7) is 5.07. The van der Waals surface area contributed by atoms with Gasteiger partial charge in [-0.25, -0.2) is 8.78 Å². The van der Waals surface area contributed by atoms with Crippen LogP contribution in [0.5, 0.6) is 0 Å². The van der Waals surface area contributed by atoms with Crippen LogP contribution in [0.25, 0.3) is 0 Å². The molecule has 1 atom stereocenters. The summed E-state index contributed by atoms with van der Waals surface area (Å²) < 4.78 is 27.6. The number of halogens is 3. The number of hydrogen-bond acceptors (Lipinski definition) is 2. The van der Waals surface area contributed by atoms with Crippen molar-refractivity contribution in [3.8, 4) is 0 Å². The van der Waals surface area contributed by atoms with Crippen LogP contribution in [-0.2, 0) is 0 Å². The predicted molar refractivity (Wildman–Crippen MR) is 86.5 cm³/mol. The van der Waals surface area contributed by atoms with Crippen molar-refractivity contribution < 1.29 is 8.78 Å². The first-order valence-corrected chi connectivity index (χ1v) is 7.38. The quantitative estimate of drug-likeness (QED) is 0.659. The molecule has 1 aromatic rings. The summed E-state index contributed by atoms with van der Waals surface area (Å²) in [5, 5.41) is 6.70. The molecule has 2 N–H and O–H groups in total. The standard InChI is InChI=1S/C15H19ClF2N4/c1-10(16)8-20-15(19-2)21-11-6-7-22(9-11)14-12(17)4-3-5-13(14)18/h3-5,11H,1,6-9H2,2H3,(H2,19,20,21). The van der Waals surface area contributed by atoms with Crippen molar-refractivity contribution in [1.29, 1.82) is 0 Å². The topological polar surface area (TPSA) is 39.7 Å². The van der Waals surface area contributed by atoms with Crippen LogP contribution in [0.4, 0.5) is 14.5 Å². The van der Waals surface area contributed by atoms with Crippen LogP contribution in [0, 0.1) is 11.6 Å². The summed E-state index contributed by atoms with van der Waals surface area (Å²) in [5.41, 5.74) is 0.0314. The molecule has 120 valence electrons. The van der Waals surface area contributed by atoms with E-state index in [0.29, 0.717) is 30.6 Å². The fourth-order valence-corrected chi connectivity index (χ4v) is 2.51. The molecular formula is C15H19ClF2N4. The maximum Gasteiger partial charge on any atom is 0.191 e. The van der Waals surface area contributed by atoms with Gasteiger partial charge in [0.05, 0.1) is 6.54 Å².